The number of aryl methyl sites for hydroxylation is 1. The summed E-state index contributed by atoms with van der Waals surface area (Å²) in [4.78, 5) is 11.7. The molecule has 0 saturated heterocycles. The second-order valence-electron chi connectivity index (χ2n) is 10.9. The fraction of sp³-hybridized carbons (Fsp3) is 0.400. The quantitative estimate of drug-likeness (QED) is 0.210. The van der Waals surface area contributed by atoms with Gasteiger partial charge in [-0.3, -0.25) is 4.39 Å². The molecular weight excluding hydrogens is 525 g/mol. The van der Waals surface area contributed by atoms with Gasteiger partial charge in [0.1, 0.15) is 5.75 Å². The summed E-state index contributed by atoms with van der Waals surface area (Å²) in [6.45, 7) is 0.844. The van der Waals surface area contributed by atoms with Gasteiger partial charge in [0.05, 0.1) is 12.2 Å². The monoisotopic (exact) mass is 564 g/mol. The first-order chi connectivity index (χ1) is 19.8. The summed E-state index contributed by atoms with van der Waals surface area (Å²) < 4.78 is 43.6. The predicted molar refractivity (Wildman–Crippen MR) is 158 cm³/mol. The summed E-state index contributed by atoms with van der Waals surface area (Å²) in [5.74, 6) is -0.263. The van der Waals surface area contributed by atoms with E-state index < -0.39 is 12.6 Å². The molecule has 0 aromatic heterocycles. The number of alkyl halides is 3. The van der Waals surface area contributed by atoms with E-state index in [2.05, 4.69) is 31.2 Å². The molecule has 0 aliphatic heterocycles. The van der Waals surface area contributed by atoms with E-state index in [4.69, 9.17) is 4.74 Å². The maximum atomic E-state index is 13.1. The zero-order valence-corrected chi connectivity index (χ0v) is 23.9. The van der Waals surface area contributed by atoms with Crippen molar-refractivity contribution < 1.29 is 27.8 Å². The average Bonchev–Trinajstić information content (AvgIpc) is 3.15. The van der Waals surface area contributed by atoms with E-state index in [1.807, 2.05) is 12.1 Å². The van der Waals surface area contributed by atoms with Crippen LogP contribution in [0.4, 0.5) is 13.2 Å². The molecule has 1 unspecified atom stereocenters. The topological polar surface area (TPSA) is 46.5 Å². The number of fused-ring (bicyclic) bond motifs is 1. The zero-order valence-electron chi connectivity index (χ0n) is 23.9. The van der Waals surface area contributed by atoms with Gasteiger partial charge >= 0.3 is 12.6 Å². The molecule has 1 N–H and O–H groups in total. The van der Waals surface area contributed by atoms with Crippen LogP contribution in [0, 0.1) is 12.8 Å². The van der Waals surface area contributed by atoms with Crippen molar-refractivity contribution in [3.8, 4) is 5.75 Å². The number of rotatable bonds is 13. The molecular formula is C35H39F3O3. The molecule has 0 bridgehead atoms. The molecule has 4 rings (SSSR count). The second-order valence-corrected chi connectivity index (χ2v) is 10.9. The minimum absolute atomic E-state index is 0.155. The number of hydrogen-bond acceptors (Lipinski definition) is 2. The van der Waals surface area contributed by atoms with E-state index in [0.717, 1.165) is 71.9 Å². The molecule has 1 aliphatic carbocycles. The Morgan fingerprint density at radius 2 is 1.76 bits per heavy atom. The number of benzene rings is 3. The van der Waals surface area contributed by atoms with Crippen molar-refractivity contribution in [2.75, 3.05) is 6.67 Å². The Labute approximate surface area is 241 Å². The number of halogens is 3. The van der Waals surface area contributed by atoms with E-state index in [0.29, 0.717) is 30.7 Å². The number of aromatic carboxylic acids is 1. The second kappa shape index (κ2) is 14.4. The van der Waals surface area contributed by atoms with Crippen LogP contribution < -0.4 is 4.74 Å². The van der Waals surface area contributed by atoms with Gasteiger partial charge in [0.2, 0.25) is 0 Å². The Balaban J connectivity index is 1.77. The summed E-state index contributed by atoms with van der Waals surface area (Å²) in [6, 6.07) is 19.1. The maximum absolute atomic E-state index is 13.1. The van der Waals surface area contributed by atoms with Gasteiger partial charge in [-0.05, 0) is 108 Å². The number of allylic oxidation sites excluding steroid dienone is 1. The minimum Gasteiger partial charge on any atom is -0.478 e. The first-order valence-electron chi connectivity index (χ1n) is 14.6. The molecule has 0 saturated carbocycles. The van der Waals surface area contributed by atoms with Crippen LogP contribution in [-0.2, 0) is 12.8 Å². The standard InChI is InChI=1S/C35H39F3O3/c1-3-24(9-5-4-6-20-36)21-25-14-16-26(17-15-25)33-30-19-18-28(34(39)40)22-27(30)10-7-12-31(33)29-11-8-13-32(23(29)2)41-35(37)38/h8,11,13-19,22,24,35H,3-7,9-10,12,20-21H2,1-2H3,(H,39,40). The summed E-state index contributed by atoms with van der Waals surface area (Å²) in [7, 11) is 0. The molecule has 0 fully saturated rings. The number of carboxylic acids is 1. The minimum atomic E-state index is -2.91. The summed E-state index contributed by atoms with van der Waals surface area (Å²) in [5, 5.41) is 9.61. The maximum Gasteiger partial charge on any atom is 0.387 e. The summed E-state index contributed by atoms with van der Waals surface area (Å²) in [5.41, 5.74) is 7.98. The highest BCUT2D eigenvalue weighted by Crippen LogP contribution is 2.42. The van der Waals surface area contributed by atoms with Crippen LogP contribution in [0.5, 0.6) is 5.75 Å². The normalized spacial score (nSPS) is 14.1. The third-order valence-corrected chi connectivity index (χ3v) is 8.21. The van der Waals surface area contributed by atoms with Crippen LogP contribution in [0.2, 0.25) is 0 Å². The molecule has 0 amide bonds. The molecule has 0 radical (unpaired) electrons. The van der Waals surface area contributed by atoms with Crippen molar-refractivity contribution >= 4 is 17.1 Å². The lowest BCUT2D eigenvalue weighted by Crippen LogP contribution is -2.05. The molecule has 218 valence electrons. The summed E-state index contributed by atoms with van der Waals surface area (Å²) in [6.07, 6.45) is 7.95. The Morgan fingerprint density at radius 1 is 0.976 bits per heavy atom. The van der Waals surface area contributed by atoms with Crippen molar-refractivity contribution in [1.82, 2.24) is 0 Å². The molecule has 3 aromatic carbocycles. The third kappa shape index (κ3) is 7.60. The number of carboxylic acid groups (broad SMARTS) is 1. The van der Waals surface area contributed by atoms with Gasteiger partial charge in [-0.15, -0.1) is 0 Å². The fourth-order valence-electron chi connectivity index (χ4n) is 5.98. The first-order valence-corrected chi connectivity index (χ1v) is 14.6. The van der Waals surface area contributed by atoms with Gasteiger partial charge < -0.3 is 9.84 Å². The van der Waals surface area contributed by atoms with Gasteiger partial charge in [0.25, 0.3) is 0 Å². The lowest BCUT2D eigenvalue weighted by atomic mass is 9.85. The van der Waals surface area contributed by atoms with Gasteiger partial charge in [-0.25, -0.2) is 4.79 Å². The highest BCUT2D eigenvalue weighted by molar-refractivity contribution is 6.01. The number of ether oxygens (including phenoxy) is 1. The van der Waals surface area contributed by atoms with Gasteiger partial charge in [0.15, 0.2) is 0 Å². The third-order valence-electron chi connectivity index (χ3n) is 8.21. The fourth-order valence-corrected chi connectivity index (χ4v) is 5.98. The van der Waals surface area contributed by atoms with E-state index in [9.17, 15) is 23.1 Å². The van der Waals surface area contributed by atoms with Crippen molar-refractivity contribution in [2.24, 2.45) is 5.92 Å². The van der Waals surface area contributed by atoms with Crippen molar-refractivity contribution in [3.63, 3.8) is 0 Å². The molecule has 6 heteroatoms. The van der Waals surface area contributed by atoms with Crippen LogP contribution in [0.3, 0.4) is 0 Å². The SMILES string of the molecule is CCC(CCCCCF)Cc1ccc(C2=C(c3cccc(OC(F)F)c3C)CCCc3cc(C(=O)O)ccc32)cc1. The Bertz CT molecular complexity index is 1360. The Hall–Kier alpha value is -3.54. The molecule has 3 nitrogen and oxygen atoms in total. The van der Waals surface area contributed by atoms with Gasteiger partial charge in [-0.1, -0.05) is 75.1 Å². The lowest BCUT2D eigenvalue weighted by molar-refractivity contribution is -0.0503. The van der Waals surface area contributed by atoms with Crippen LogP contribution in [-0.4, -0.2) is 24.4 Å². The van der Waals surface area contributed by atoms with E-state index in [1.165, 1.54) is 5.56 Å². The van der Waals surface area contributed by atoms with Gasteiger partial charge in [-0.2, -0.15) is 8.78 Å². The van der Waals surface area contributed by atoms with E-state index in [-0.39, 0.29) is 18.0 Å². The molecule has 0 spiro atoms. The summed E-state index contributed by atoms with van der Waals surface area (Å²) >= 11 is 0. The number of hydrogen-bond donors (Lipinski definition) is 1. The molecule has 1 aliphatic rings. The highest BCUT2D eigenvalue weighted by atomic mass is 19.3. The Kier molecular flexibility index (Phi) is 10.7. The van der Waals surface area contributed by atoms with Crippen LogP contribution in [0.15, 0.2) is 60.7 Å². The van der Waals surface area contributed by atoms with Crippen molar-refractivity contribution in [1.29, 1.82) is 0 Å². The highest BCUT2D eigenvalue weighted by Gasteiger charge is 2.23. The van der Waals surface area contributed by atoms with Gasteiger partial charge in [0, 0.05) is 0 Å². The average molecular weight is 565 g/mol. The zero-order chi connectivity index (χ0) is 29.4. The number of unbranched alkanes of at least 4 members (excludes halogenated alkanes) is 2. The predicted octanol–water partition coefficient (Wildman–Crippen LogP) is 9.69. The number of carbonyl (C=O) groups is 1. The lowest BCUT2D eigenvalue weighted by Gasteiger charge is -2.20. The van der Waals surface area contributed by atoms with Crippen molar-refractivity contribution in [3.05, 3.63) is 99.6 Å². The Morgan fingerprint density at radius 3 is 2.44 bits per heavy atom. The molecule has 1 atom stereocenters. The van der Waals surface area contributed by atoms with E-state index >= 15 is 0 Å². The largest absolute Gasteiger partial charge is 0.478 e. The van der Waals surface area contributed by atoms with E-state index in [1.54, 1.807) is 31.2 Å². The molecule has 3 aromatic rings. The smallest absolute Gasteiger partial charge is 0.387 e. The van der Waals surface area contributed by atoms with Crippen LogP contribution >= 0.6 is 0 Å². The van der Waals surface area contributed by atoms with Crippen molar-refractivity contribution in [2.45, 2.75) is 78.2 Å². The molecule has 41 heavy (non-hydrogen) atoms. The van der Waals surface area contributed by atoms with Crippen LogP contribution in [0.1, 0.15) is 95.6 Å². The van der Waals surface area contributed by atoms with Crippen LogP contribution in [0.25, 0.3) is 11.1 Å². The molecule has 0 heterocycles. The first kappa shape index (κ1) is 30.4.